The molecule has 0 aliphatic heterocycles. The van der Waals surface area contributed by atoms with E-state index in [4.69, 9.17) is 38.7 Å². The van der Waals surface area contributed by atoms with Crippen LogP contribution in [0.2, 0.25) is 0 Å². The van der Waals surface area contributed by atoms with Gasteiger partial charge in [0, 0.05) is 121 Å². The molecule has 0 radical (unpaired) electrons. The fourth-order valence-corrected chi connectivity index (χ4v) is 20.8. The standard InChI is InChI=1S/2C63H39N5O/c1-4-16-40(17-5-1)43-20-14-22-45(38-43)62-64-61(65-63(66-62)46-23-15-21-44(39-46)41-18-6-2-7-19-41)42-30-32-48(33-31-42)68-56-29-13-11-27-50(56)52-35-37-54-53-36-34-51-49-26-10-12-28-55(49)67(47-24-8-3-9-25-47)57(51)59(53)69-60(54)58(52)68;1-4-17-40(18-5-1)43-21-16-22-44(39-43)62-64-61(65-63(66-62)54-28-11-10-25-47(54)41-19-6-2-7-20-41)42-31-33-46(34-32-42)68-56-30-15-13-27-49(56)51-36-38-53-52-37-35-50-48-26-12-14-29-55(48)67(45-23-8-3-9-24-45)57(50)59(52)69-60(53)58(51)68/h2*1-39H. The Morgan fingerprint density at radius 3 is 0.674 bits per heavy atom. The van der Waals surface area contributed by atoms with Crippen molar-refractivity contribution in [2.75, 3.05) is 0 Å². The summed E-state index contributed by atoms with van der Waals surface area (Å²) in [5.74, 6) is 3.62. The third kappa shape index (κ3) is 13.2. The van der Waals surface area contributed by atoms with Gasteiger partial charge in [-0.05, 0) is 184 Å². The van der Waals surface area contributed by atoms with Crippen LogP contribution in [0.25, 0.3) is 267 Å². The molecule has 0 saturated heterocycles. The molecule has 138 heavy (non-hydrogen) atoms. The fourth-order valence-electron chi connectivity index (χ4n) is 20.8. The van der Waals surface area contributed by atoms with Gasteiger partial charge in [-0.25, -0.2) is 29.9 Å². The van der Waals surface area contributed by atoms with E-state index in [-0.39, 0.29) is 0 Å². The number of para-hydroxylation sites is 6. The Balaban J connectivity index is 0.000000139. The minimum Gasteiger partial charge on any atom is -0.452 e. The molecule has 12 heteroatoms. The molecule has 0 aliphatic rings. The van der Waals surface area contributed by atoms with E-state index in [1.54, 1.807) is 0 Å². The van der Waals surface area contributed by atoms with Crippen LogP contribution in [0.3, 0.4) is 0 Å². The highest BCUT2D eigenvalue weighted by Gasteiger charge is 2.28. The fraction of sp³-hybridized carbons (Fsp3) is 0. The van der Waals surface area contributed by atoms with E-state index < -0.39 is 0 Å². The van der Waals surface area contributed by atoms with Gasteiger partial charge in [0.15, 0.2) is 57.3 Å². The SMILES string of the molecule is c1ccc(-c2cccc(-c3nc(-c4ccc(-n5c6ccccc6c6ccc7c8ccc9c%10ccccc%10n(-c%10ccccc%10)c9c8oc7c65)cc4)nc(-c4cccc(-c5ccccc5)c4)n3)c2)cc1.c1ccc(-c2cccc(-c3nc(-c4ccc(-n5c6ccccc6c6ccc7c8ccc9c%10ccccc%10n(-c%10ccccc%10)c9c8oc7c65)cc4)nc(-c4ccccc4-c4ccccc4)n3)c2)cc1. The predicted molar refractivity (Wildman–Crippen MR) is 566 cm³/mol. The van der Waals surface area contributed by atoms with E-state index in [0.29, 0.717) is 34.9 Å². The van der Waals surface area contributed by atoms with Crippen molar-refractivity contribution in [1.29, 1.82) is 0 Å². The van der Waals surface area contributed by atoms with Crippen LogP contribution in [-0.2, 0) is 0 Å². The molecule has 20 aromatic carbocycles. The summed E-state index contributed by atoms with van der Waals surface area (Å²) in [6.07, 6.45) is 0. The number of fused-ring (bicyclic) bond motifs is 22. The van der Waals surface area contributed by atoms with Gasteiger partial charge in [-0.1, -0.05) is 334 Å². The number of aromatic nitrogens is 10. The number of nitrogens with zero attached hydrogens (tertiary/aromatic N) is 10. The second-order valence-corrected chi connectivity index (χ2v) is 35.1. The molecule has 12 nitrogen and oxygen atoms in total. The van der Waals surface area contributed by atoms with E-state index in [1.807, 2.05) is 30.3 Å². The van der Waals surface area contributed by atoms with E-state index >= 15 is 0 Å². The van der Waals surface area contributed by atoms with Gasteiger partial charge in [0.2, 0.25) is 0 Å². The molecule has 8 aromatic heterocycles. The minimum atomic E-state index is 0.592. The third-order valence-corrected chi connectivity index (χ3v) is 27.2. The van der Waals surface area contributed by atoms with Crippen LogP contribution in [-0.4, -0.2) is 48.2 Å². The molecule has 0 fully saturated rings. The first kappa shape index (κ1) is 79.0. The van der Waals surface area contributed by atoms with Crippen LogP contribution in [0.1, 0.15) is 0 Å². The van der Waals surface area contributed by atoms with Gasteiger partial charge < -0.3 is 27.1 Å². The van der Waals surface area contributed by atoms with Crippen molar-refractivity contribution in [1.82, 2.24) is 48.2 Å². The van der Waals surface area contributed by atoms with Crippen molar-refractivity contribution < 1.29 is 8.83 Å². The highest BCUT2D eigenvalue weighted by molar-refractivity contribution is 6.28. The summed E-state index contributed by atoms with van der Waals surface area (Å²) in [7, 11) is 0. The van der Waals surface area contributed by atoms with E-state index in [9.17, 15) is 0 Å². The normalized spacial score (nSPS) is 11.8. The maximum Gasteiger partial charge on any atom is 0.164 e. The summed E-state index contributed by atoms with van der Waals surface area (Å²) in [5, 5.41) is 13.6. The summed E-state index contributed by atoms with van der Waals surface area (Å²) in [4.78, 5) is 31.2. The van der Waals surface area contributed by atoms with Crippen LogP contribution < -0.4 is 0 Å². The summed E-state index contributed by atoms with van der Waals surface area (Å²) in [5.41, 5.74) is 30.5. The molecular weight excluding hydrogens is 1690 g/mol. The van der Waals surface area contributed by atoms with Crippen LogP contribution in [0.5, 0.6) is 0 Å². The number of hydrogen-bond acceptors (Lipinski definition) is 8. The summed E-state index contributed by atoms with van der Waals surface area (Å²) >= 11 is 0. The summed E-state index contributed by atoms with van der Waals surface area (Å²) < 4.78 is 23.9. The first-order valence-electron chi connectivity index (χ1n) is 46.5. The first-order valence-corrected chi connectivity index (χ1v) is 46.5. The smallest absolute Gasteiger partial charge is 0.164 e. The maximum absolute atomic E-state index is 7.28. The zero-order chi connectivity index (χ0) is 90.8. The molecule has 0 N–H and O–H groups in total. The molecule has 0 unspecified atom stereocenters. The third-order valence-electron chi connectivity index (χ3n) is 27.2. The first-order chi connectivity index (χ1) is 68.4. The Kier molecular flexibility index (Phi) is 18.7. The Morgan fingerprint density at radius 2 is 0.362 bits per heavy atom. The predicted octanol–water partition coefficient (Wildman–Crippen LogP) is 32.6. The lowest BCUT2D eigenvalue weighted by atomic mass is 9.99. The summed E-state index contributed by atoms with van der Waals surface area (Å²) in [6.45, 7) is 0. The van der Waals surface area contributed by atoms with Crippen molar-refractivity contribution in [3.63, 3.8) is 0 Å². The Hall–Kier alpha value is -18.8. The number of rotatable bonds is 14. The molecule has 28 rings (SSSR count). The number of furan rings is 2. The van der Waals surface area contributed by atoms with Gasteiger partial charge in [0.1, 0.15) is 0 Å². The van der Waals surface area contributed by atoms with E-state index in [2.05, 4.69) is 461 Å². The van der Waals surface area contributed by atoms with Gasteiger partial charge in [-0.2, -0.15) is 0 Å². The van der Waals surface area contributed by atoms with Gasteiger partial charge in [-0.3, -0.25) is 0 Å². The second-order valence-electron chi connectivity index (χ2n) is 35.1. The molecule has 0 saturated carbocycles. The molecule has 0 aliphatic carbocycles. The molecule has 0 atom stereocenters. The molecule has 0 bridgehead atoms. The van der Waals surface area contributed by atoms with Crippen molar-refractivity contribution in [2.45, 2.75) is 0 Å². The van der Waals surface area contributed by atoms with Gasteiger partial charge in [-0.15, -0.1) is 0 Å². The Bertz CT molecular complexity index is 9580. The summed E-state index contributed by atoms with van der Waals surface area (Å²) in [6, 6.07) is 166. The molecular formula is C126H78N10O2. The van der Waals surface area contributed by atoms with Gasteiger partial charge in [0.05, 0.1) is 44.1 Å². The number of hydrogen-bond donors (Lipinski definition) is 0. The molecule has 0 amide bonds. The van der Waals surface area contributed by atoms with Crippen molar-refractivity contribution in [3.05, 3.63) is 473 Å². The molecule has 28 aromatic rings. The highest BCUT2D eigenvalue weighted by atomic mass is 16.3. The zero-order valence-electron chi connectivity index (χ0n) is 74.3. The second kappa shape index (κ2) is 32.6. The quantitative estimate of drug-likeness (QED) is 0.105. The lowest BCUT2D eigenvalue weighted by molar-refractivity contribution is 0.673. The zero-order valence-corrected chi connectivity index (χ0v) is 74.3. The van der Waals surface area contributed by atoms with E-state index in [0.717, 1.165) is 221 Å². The van der Waals surface area contributed by atoms with Crippen LogP contribution >= 0.6 is 0 Å². The average molecular weight is 1760 g/mol. The molecule has 644 valence electrons. The van der Waals surface area contributed by atoms with Gasteiger partial charge in [0.25, 0.3) is 0 Å². The topological polar surface area (TPSA) is 123 Å². The van der Waals surface area contributed by atoms with Crippen molar-refractivity contribution in [2.24, 2.45) is 0 Å². The largest absolute Gasteiger partial charge is 0.452 e. The number of benzene rings is 20. The monoisotopic (exact) mass is 1760 g/mol. The average Bonchev–Trinajstić information content (AvgIpc) is 1.54. The highest BCUT2D eigenvalue weighted by Crippen LogP contribution is 2.49. The molecule has 8 heterocycles. The van der Waals surface area contributed by atoms with Gasteiger partial charge >= 0.3 is 0 Å². The molecule has 0 spiro atoms. The Labute approximate surface area is 791 Å². The maximum atomic E-state index is 7.28. The Morgan fingerprint density at radius 1 is 0.138 bits per heavy atom. The van der Waals surface area contributed by atoms with Crippen molar-refractivity contribution >= 4 is 131 Å². The van der Waals surface area contributed by atoms with Crippen molar-refractivity contribution in [3.8, 4) is 136 Å². The van der Waals surface area contributed by atoms with Crippen LogP contribution in [0.15, 0.2) is 482 Å². The lowest BCUT2D eigenvalue weighted by Gasteiger charge is -2.13. The minimum absolute atomic E-state index is 0.592. The van der Waals surface area contributed by atoms with Crippen LogP contribution in [0, 0.1) is 0 Å². The van der Waals surface area contributed by atoms with E-state index in [1.165, 1.54) is 10.8 Å². The van der Waals surface area contributed by atoms with Crippen LogP contribution in [0.4, 0.5) is 0 Å². The lowest BCUT2D eigenvalue weighted by Crippen LogP contribution is -2.01.